The van der Waals surface area contributed by atoms with E-state index in [0.717, 1.165) is 5.69 Å². The van der Waals surface area contributed by atoms with Crippen LogP contribution in [0.4, 0.5) is 10.1 Å². The van der Waals surface area contributed by atoms with Crippen LogP contribution >= 0.6 is 12.2 Å². The third-order valence-electron chi connectivity index (χ3n) is 2.18. The quantitative estimate of drug-likeness (QED) is 0.750. The molecule has 0 saturated heterocycles. The van der Waals surface area contributed by atoms with Crippen molar-refractivity contribution in [1.82, 2.24) is 0 Å². The van der Waals surface area contributed by atoms with E-state index >= 15 is 0 Å². The van der Waals surface area contributed by atoms with E-state index in [4.69, 9.17) is 18.0 Å². The molecule has 0 spiro atoms. The maximum Gasteiger partial charge on any atom is 0.135 e. The molecule has 0 amide bonds. The van der Waals surface area contributed by atoms with E-state index in [2.05, 4.69) is 5.32 Å². The molecule has 1 aliphatic rings. The van der Waals surface area contributed by atoms with E-state index in [1.165, 1.54) is 18.9 Å². The molecule has 0 unspecified atom stereocenters. The van der Waals surface area contributed by atoms with Gasteiger partial charge in [0.2, 0.25) is 0 Å². The Morgan fingerprint density at radius 3 is 2.71 bits per heavy atom. The van der Waals surface area contributed by atoms with E-state index in [-0.39, 0.29) is 10.8 Å². The van der Waals surface area contributed by atoms with Gasteiger partial charge in [-0.05, 0) is 31.0 Å². The average molecular weight is 210 g/mol. The molecule has 0 radical (unpaired) electrons. The van der Waals surface area contributed by atoms with Crippen molar-refractivity contribution in [2.24, 2.45) is 5.73 Å². The second-order valence-corrected chi connectivity index (χ2v) is 3.92. The lowest BCUT2D eigenvalue weighted by Gasteiger charge is -2.06. The van der Waals surface area contributed by atoms with Gasteiger partial charge >= 0.3 is 0 Å². The summed E-state index contributed by atoms with van der Waals surface area (Å²) in [5.74, 6) is -0.358. The standard InChI is InChI=1S/C10H11FN2S/c11-9-5-7(13-6-1-2-6)3-4-8(9)10(12)14/h3-6,13H,1-2H2,(H2,12,14). The molecule has 1 saturated carbocycles. The molecule has 0 heterocycles. The second-order valence-electron chi connectivity index (χ2n) is 3.48. The third-order valence-corrected chi connectivity index (χ3v) is 2.40. The van der Waals surface area contributed by atoms with E-state index in [0.29, 0.717) is 11.6 Å². The van der Waals surface area contributed by atoms with Crippen molar-refractivity contribution in [1.29, 1.82) is 0 Å². The molecular weight excluding hydrogens is 199 g/mol. The van der Waals surface area contributed by atoms with Gasteiger partial charge in [0.1, 0.15) is 10.8 Å². The summed E-state index contributed by atoms with van der Waals surface area (Å²) in [6.07, 6.45) is 2.33. The van der Waals surface area contributed by atoms with Crippen molar-refractivity contribution in [2.75, 3.05) is 5.32 Å². The highest BCUT2D eigenvalue weighted by Gasteiger charge is 2.21. The fourth-order valence-corrected chi connectivity index (χ4v) is 1.43. The summed E-state index contributed by atoms with van der Waals surface area (Å²) in [5, 5.41) is 3.20. The second kappa shape index (κ2) is 3.53. The van der Waals surface area contributed by atoms with Gasteiger partial charge in [0, 0.05) is 17.3 Å². The average Bonchev–Trinajstić information content (AvgIpc) is 2.87. The van der Waals surface area contributed by atoms with Gasteiger partial charge in [-0.3, -0.25) is 0 Å². The number of hydrogen-bond acceptors (Lipinski definition) is 2. The normalized spacial score (nSPS) is 15.2. The summed E-state index contributed by atoms with van der Waals surface area (Å²) in [5.41, 5.74) is 6.45. The molecule has 2 nitrogen and oxygen atoms in total. The summed E-state index contributed by atoms with van der Waals surface area (Å²) >= 11 is 4.71. The first-order valence-corrected chi connectivity index (χ1v) is 4.93. The topological polar surface area (TPSA) is 38.0 Å². The first kappa shape index (κ1) is 9.40. The molecule has 0 aliphatic heterocycles. The molecule has 14 heavy (non-hydrogen) atoms. The maximum atomic E-state index is 13.4. The Balaban J connectivity index is 2.20. The highest BCUT2D eigenvalue weighted by atomic mass is 32.1. The van der Waals surface area contributed by atoms with Gasteiger partial charge in [0.25, 0.3) is 0 Å². The fraction of sp³-hybridized carbons (Fsp3) is 0.300. The lowest BCUT2D eigenvalue weighted by molar-refractivity contribution is 0.626. The zero-order chi connectivity index (χ0) is 10.1. The van der Waals surface area contributed by atoms with Gasteiger partial charge in [0.05, 0.1) is 0 Å². The van der Waals surface area contributed by atoms with E-state index in [9.17, 15) is 4.39 Å². The van der Waals surface area contributed by atoms with Crippen LogP contribution in [0.25, 0.3) is 0 Å². The number of anilines is 1. The molecule has 1 fully saturated rings. The van der Waals surface area contributed by atoms with Crippen LogP contribution in [0.5, 0.6) is 0 Å². The maximum absolute atomic E-state index is 13.4. The molecule has 0 bridgehead atoms. The van der Waals surface area contributed by atoms with Crippen LogP contribution in [0.15, 0.2) is 18.2 Å². The number of benzene rings is 1. The lowest BCUT2D eigenvalue weighted by Crippen LogP contribution is -2.12. The number of hydrogen-bond donors (Lipinski definition) is 2. The van der Waals surface area contributed by atoms with Crippen molar-refractivity contribution >= 4 is 22.9 Å². The van der Waals surface area contributed by atoms with Gasteiger partial charge in [-0.15, -0.1) is 0 Å². The summed E-state index contributed by atoms with van der Waals surface area (Å²) in [6, 6.07) is 5.37. The van der Waals surface area contributed by atoms with Gasteiger partial charge < -0.3 is 11.1 Å². The third kappa shape index (κ3) is 2.01. The van der Waals surface area contributed by atoms with Crippen molar-refractivity contribution in [3.63, 3.8) is 0 Å². The van der Waals surface area contributed by atoms with Crippen LogP contribution < -0.4 is 11.1 Å². The summed E-state index contributed by atoms with van der Waals surface area (Å²) in [7, 11) is 0. The Bertz CT molecular complexity index is 374. The monoisotopic (exact) mass is 210 g/mol. The van der Waals surface area contributed by atoms with Gasteiger partial charge in [-0.2, -0.15) is 0 Å². The molecule has 1 aromatic rings. The van der Waals surface area contributed by atoms with Crippen LogP contribution in [0.3, 0.4) is 0 Å². The fourth-order valence-electron chi connectivity index (χ4n) is 1.27. The highest BCUT2D eigenvalue weighted by molar-refractivity contribution is 7.80. The number of nitrogens with one attached hydrogen (secondary N) is 1. The number of halogens is 1. The minimum Gasteiger partial charge on any atom is -0.389 e. The van der Waals surface area contributed by atoms with Crippen molar-refractivity contribution in [3.05, 3.63) is 29.6 Å². The minimum absolute atomic E-state index is 0.0977. The molecular formula is C10H11FN2S. The Kier molecular flexibility index (Phi) is 2.37. The smallest absolute Gasteiger partial charge is 0.135 e. The van der Waals surface area contributed by atoms with Crippen LogP contribution in [0, 0.1) is 5.82 Å². The molecule has 0 atom stereocenters. The van der Waals surface area contributed by atoms with E-state index in [1.807, 2.05) is 0 Å². The van der Waals surface area contributed by atoms with Gasteiger partial charge in [0.15, 0.2) is 0 Å². The molecule has 0 aromatic heterocycles. The summed E-state index contributed by atoms with van der Waals surface area (Å²) < 4.78 is 13.4. The number of thiocarbonyl (C=S) groups is 1. The lowest BCUT2D eigenvalue weighted by atomic mass is 10.2. The molecule has 3 N–H and O–H groups in total. The van der Waals surface area contributed by atoms with E-state index < -0.39 is 0 Å². The molecule has 2 rings (SSSR count). The van der Waals surface area contributed by atoms with Crippen LogP contribution in [0.1, 0.15) is 18.4 Å². The Morgan fingerprint density at radius 1 is 1.50 bits per heavy atom. The zero-order valence-electron chi connectivity index (χ0n) is 7.59. The molecule has 1 aromatic carbocycles. The predicted molar refractivity (Wildman–Crippen MR) is 58.9 cm³/mol. The van der Waals surface area contributed by atoms with Crippen molar-refractivity contribution in [3.8, 4) is 0 Å². The summed E-state index contributed by atoms with van der Waals surface area (Å²) in [6.45, 7) is 0. The first-order valence-electron chi connectivity index (χ1n) is 4.52. The summed E-state index contributed by atoms with van der Waals surface area (Å²) in [4.78, 5) is 0.0977. The Hall–Kier alpha value is -1.16. The van der Waals surface area contributed by atoms with Crippen LogP contribution in [-0.2, 0) is 0 Å². The zero-order valence-corrected chi connectivity index (χ0v) is 8.40. The number of nitrogens with two attached hydrogens (primary N) is 1. The largest absolute Gasteiger partial charge is 0.389 e. The number of rotatable bonds is 3. The predicted octanol–water partition coefficient (Wildman–Crippen LogP) is 2.03. The molecule has 74 valence electrons. The SMILES string of the molecule is NC(=S)c1ccc(NC2CC2)cc1F. The molecule has 1 aliphatic carbocycles. The molecule has 4 heteroatoms. The highest BCUT2D eigenvalue weighted by Crippen LogP contribution is 2.25. The van der Waals surface area contributed by atoms with Crippen molar-refractivity contribution < 1.29 is 4.39 Å². The van der Waals surface area contributed by atoms with Gasteiger partial charge in [-0.25, -0.2) is 4.39 Å². The first-order chi connectivity index (χ1) is 6.66. The Labute approximate surface area is 87.3 Å². The van der Waals surface area contributed by atoms with Gasteiger partial charge in [-0.1, -0.05) is 12.2 Å². The van der Waals surface area contributed by atoms with E-state index in [1.54, 1.807) is 12.1 Å². The Morgan fingerprint density at radius 2 is 2.21 bits per heavy atom. The minimum atomic E-state index is -0.358. The van der Waals surface area contributed by atoms with Crippen LogP contribution in [0.2, 0.25) is 0 Å². The van der Waals surface area contributed by atoms with Crippen molar-refractivity contribution in [2.45, 2.75) is 18.9 Å². The van der Waals surface area contributed by atoms with Crippen LogP contribution in [-0.4, -0.2) is 11.0 Å².